The number of carbonyl (C=O) groups excluding carboxylic acids is 1. The number of nitrogens with zero attached hydrogens (tertiary/aromatic N) is 2. The maximum Gasteiger partial charge on any atom is 0.243 e. The predicted octanol–water partition coefficient (Wildman–Crippen LogP) is 2.79. The van der Waals surface area contributed by atoms with Crippen molar-refractivity contribution in [3.63, 3.8) is 0 Å². The Morgan fingerprint density at radius 3 is 2.27 bits per heavy atom. The molecule has 2 fully saturated rings. The largest absolute Gasteiger partial charge is 0.342 e. The lowest BCUT2D eigenvalue weighted by Crippen LogP contribution is -2.46. The van der Waals surface area contributed by atoms with E-state index in [0.717, 1.165) is 25.9 Å². The Kier molecular flexibility index (Phi) is 5.67. The van der Waals surface area contributed by atoms with Crippen molar-refractivity contribution in [3.05, 3.63) is 29.6 Å². The summed E-state index contributed by atoms with van der Waals surface area (Å²) >= 11 is 0. The molecule has 0 atom stereocenters. The quantitative estimate of drug-likeness (QED) is 0.808. The second-order valence-corrected chi connectivity index (χ2v) is 9.50. The Bertz CT molecular complexity index is 765. The first-order valence-electron chi connectivity index (χ1n) is 9.34. The van der Waals surface area contributed by atoms with E-state index >= 15 is 0 Å². The molecule has 1 aromatic rings. The highest BCUT2D eigenvalue weighted by molar-refractivity contribution is 7.89. The zero-order chi connectivity index (χ0) is 18.9. The number of hydrogen-bond donors (Lipinski definition) is 0. The van der Waals surface area contributed by atoms with Gasteiger partial charge in [-0.15, -0.1) is 0 Å². The zero-order valence-electron chi connectivity index (χ0n) is 15.4. The van der Waals surface area contributed by atoms with Gasteiger partial charge in [-0.05, 0) is 62.3 Å². The molecule has 1 aromatic carbocycles. The number of carbonyl (C=O) groups is 1. The summed E-state index contributed by atoms with van der Waals surface area (Å²) in [6.45, 7) is 6.10. The number of hydrogen-bond acceptors (Lipinski definition) is 3. The lowest BCUT2D eigenvalue weighted by atomic mass is 9.93. The Morgan fingerprint density at radius 1 is 1.08 bits per heavy atom. The highest BCUT2D eigenvalue weighted by atomic mass is 32.2. The van der Waals surface area contributed by atoms with E-state index in [2.05, 4.69) is 6.92 Å². The number of rotatable bonds is 3. The molecule has 0 aromatic heterocycles. The van der Waals surface area contributed by atoms with Gasteiger partial charge in [0.25, 0.3) is 0 Å². The van der Waals surface area contributed by atoms with Gasteiger partial charge in [0, 0.05) is 32.1 Å². The van der Waals surface area contributed by atoms with Crippen LogP contribution in [-0.4, -0.2) is 49.7 Å². The summed E-state index contributed by atoms with van der Waals surface area (Å²) < 4.78 is 40.4. The Balaban J connectivity index is 1.63. The number of halogens is 1. The fourth-order valence-electron chi connectivity index (χ4n) is 3.87. The van der Waals surface area contributed by atoms with Crippen molar-refractivity contribution in [2.24, 2.45) is 11.8 Å². The second-order valence-electron chi connectivity index (χ2n) is 7.60. The number of aryl methyl sites for hydroxylation is 1. The van der Waals surface area contributed by atoms with Crippen LogP contribution in [0.2, 0.25) is 0 Å². The molecule has 5 nitrogen and oxygen atoms in total. The minimum atomic E-state index is -3.65. The predicted molar refractivity (Wildman–Crippen MR) is 97.6 cm³/mol. The maximum atomic E-state index is 13.3. The minimum Gasteiger partial charge on any atom is -0.342 e. The summed E-state index contributed by atoms with van der Waals surface area (Å²) in [5.41, 5.74) is 0.408. The molecule has 2 aliphatic heterocycles. The molecule has 0 saturated carbocycles. The molecule has 7 heteroatoms. The summed E-state index contributed by atoms with van der Waals surface area (Å²) in [6, 6.07) is 3.74. The molecule has 144 valence electrons. The van der Waals surface area contributed by atoms with Crippen LogP contribution in [0.5, 0.6) is 0 Å². The van der Waals surface area contributed by atoms with E-state index in [4.69, 9.17) is 0 Å². The van der Waals surface area contributed by atoms with Crippen LogP contribution in [0.4, 0.5) is 4.39 Å². The standard InChI is InChI=1S/C19H27FN2O3S/c1-14-5-9-21(10-6-14)19(23)16-7-11-22(12-8-16)26(24,25)18-4-3-17(20)13-15(18)2/h3-4,13-14,16H,5-12H2,1-2H3. The SMILES string of the molecule is Cc1cc(F)ccc1S(=O)(=O)N1CCC(C(=O)N2CCC(C)CC2)CC1. The number of amides is 1. The van der Waals surface area contributed by atoms with Crippen molar-refractivity contribution >= 4 is 15.9 Å². The smallest absolute Gasteiger partial charge is 0.243 e. The molecule has 0 N–H and O–H groups in total. The van der Waals surface area contributed by atoms with Gasteiger partial charge in [-0.25, -0.2) is 12.8 Å². The van der Waals surface area contributed by atoms with E-state index in [1.807, 2.05) is 4.90 Å². The van der Waals surface area contributed by atoms with Crippen molar-refractivity contribution in [3.8, 4) is 0 Å². The average Bonchev–Trinajstić information content (AvgIpc) is 2.61. The Labute approximate surface area is 155 Å². The first kappa shape index (κ1) is 19.3. The van der Waals surface area contributed by atoms with E-state index in [-0.39, 0.29) is 16.7 Å². The van der Waals surface area contributed by atoms with Gasteiger partial charge < -0.3 is 4.90 Å². The van der Waals surface area contributed by atoms with Gasteiger partial charge in [0.2, 0.25) is 15.9 Å². The van der Waals surface area contributed by atoms with Gasteiger partial charge in [-0.2, -0.15) is 4.31 Å². The van der Waals surface area contributed by atoms with Crippen molar-refractivity contribution in [1.29, 1.82) is 0 Å². The molecule has 1 amide bonds. The van der Waals surface area contributed by atoms with E-state index < -0.39 is 15.8 Å². The van der Waals surface area contributed by atoms with E-state index in [1.165, 1.54) is 22.5 Å². The minimum absolute atomic E-state index is 0.0934. The van der Waals surface area contributed by atoms with Crippen LogP contribution < -0.4 is 0 Å². The fraction of sp³-hybridized carbons (Fsp3) is 0.632. The van der Waals surface area contributed by atoms with Crippen LogP contribution >= 0.6 is 0 Å². The summed E-state index contributed by atoms with van der Waals surface area (Å²) in [5.74, 6) is 0.308. The molecule has 0 aliphatic carbocycles. The van der Waals surface area contributed by atoms with Crippen LogP contribution in [0.1, 0.15) is 38.2 Å². The molecular formula is C19H27FN2O3S. The average molecular weight is 383 g/mol. The summed E-state index contributed by atoms with van der Waals surface area (Å²) in [4.78, 5) is 14.8. The van der Waals surface area contributed by atoms with Crippen molar-refractivity contribution in [2.45, 2.75) is 44.4 Å². The molecule has 0 radical (unpaired) electrons. The molecule has 3 rings (SSSR count). The van der Waals surface area contributed by atoms with Gasteiger partial charge in [-0.3, -0.25) is 4.79 Å². The van der Waals surface area contributed by atoms with Gasteiger partial charge >= 0.3 is 0 Å². The van der Waals surface area contributed by atoms with Crippen LogP contribution in [0.25, 0.3) is 0 Å². The molecule has 0 spiro atoms. The van der Waals surface area contributed by atoms with Gasteiger partial charge in [0.15, 0.2) is 0 Å². The van der Waals surface area contributed by atoms with E-state index in [0.29, 0.717) is 37.4 Å². The molecular weight excluding hydrogens is 355 g/mol. The topological polar surface area (TPSA) is 57.7 Å². The highest BCUT2D eigenvalue weighted by Crippen LogP contribution is 2.28. The Hall–Kier alpha value is -1.47. The monoisotopic (exact) mass is 382 g/mol. The Morgan fingerprint density at radius 2 is 1.69 bits per heavy atom. The lowest BCUT2D eigenvalue weighted by molar-refractivity contribution is -0.138. The van der Waals surface area contributed by atoms with Crippen LogP contribution in [-0.2, 0) is 14.8 Å². The number of piperidine rings is 2. The molecule has 0 unspecified atom stereocenters. The fourth-order valence-corrected chi connectivity index (χ4v) is 5.55. The molecule has 2 heterocycles. The molecule has 2 aliphatic rings. The van der Waals surface area contributed by atoms with E-state index in [1.54, 1.807) is 6.92 Å². The first-order chi connectivity index (χ1) is 12.3. The summed E-state index contributed by atoms with van der Waals surface area (Å²) in [5, 5.41) is 0. The van der Waals surface area contributed by atoms with Crippen LogP contribution in [0, 0.1) is 24.6 Å². The summed E-state index contributed by atoms with van der Waals surface area (Å²) in [7, 11) is -3.65. The van der Waals surface area contributed by atoms with Crippen LogP contribution in [0.15, 0.2) is 23.1 Å². The molecule has 2 saturated heterocycles. The van der Waals surface area contributed by atoms with Crippen molar-refractivity contribution in [1.82, 2.24) is 9.21 Å². The third kappa shape index (κ3) is 3.93. The first-order valence-corrected chi connectivity index (χ1v) is 10.8. The number of sulfonamides is 1. The van der Waals surface area contributed by atoms with Gasteiger partial charge in [0.1, 0.15) is 5.82 Å². The van der Waals surface area contributed by atoms with Crippen LogP contribution in [0.3, 0.4) is 0 Å². The van der Waals surface area contributed by atoms with Crippen molar-refractivity contribution in [2.75, 3.05) is 26.2 Å². The lowest BCUT2D eigenvalue weighted by Gasteiger charge is -2.36. The van der Waals surface area contributed by atoms with E-state index in [9.17, 15) is 17.6 Å². The second kappa shape index (κ2) is 7.64. The van der Waals surface area contributed by atoms with Gasteiger partial charge in [-0.1, -0.05) is 6.92 Å². The highest BCUT2D eigenvalue weighted by Gasteiger charge is 2.35. The third-order valence-corrected chi connectivity index (χ3v) is 7.71. The third-order valence-electron chi connectivity index (χ3n) is 5.65. The normalized spacial score (nSPS) is 21.1. The zero-order valence-corrected chi connectivity index (χ0v) is 16.3. The van der Waals surface area contributed by atoms with Gasteiger partial charge in [0.05, 0.1) is 4.90 Å². The molecule has 26 heavy (non-hydrogen) atoms. The van der Waals surface area contributed by atoms with Crippen molar-refractivity contribution < 1.29 is 17.6 Å². The molecule has 0 bridgehead atoms. The maximum absolute atomic E-state index is 13.3. The number of likely N-dealkylation sites (tertiary alicyclic amines) is 1. The number of benzene rings is 1. The summed E-state index contributed by atoms with van der Waals surface area (Å²) in [6.07, 6.45) is 3.18.